The average molecular weight is 311 g/mol. The molecule has 6 nitrogen and oxygen atoms in total. The molecule has 0 aromatic carbocycles. The molecule has 0 aliphatic carbocycles. The van der Waals surface area contributed by atoms with Gasteiger partial charge in [-0.3, -0.25) is 9.48 Å². The molecule has 0 spiro atoms. The van der Waals surface area contributed by atoms with E-state index in [0.29, 0.717) is 19.7 Å². The van der Waals surface area contributed by atoms with E-state index >= 15 is 0 Å². The number of aromatic nitrogens is 2. The fraction of sp³-hybridized carbons (Fsp3) is 0.636. The normalized spacial score (nSPS) is 19.7. The highest BCUT2D eigenvalue weighted by atomic mass is 35.5. The number of hydrogen-bond acceptors (Lipinski definition) is 4. The monoisotopic (exact) mass is 310 g/mol. The van der Waals surface area contributed by atoms with E-state index in [4.69, 9.17) is 4.74 Å². The van der Waals surface area contributed by atoms with Gasteiger partial charge in [0.25, 0.3) is 5.91 Å². The lowest BCUT2D eigenvalue weighted by molar-refractivity contribution is -0.134. The summed E-state index contributed by atoms with van der Waals surface area (Å²) < 4.78 is 7.18. The van der Waals surface area contributed by atoms with Crippen LogP contribution in [-0.4, -0.2) is 47.5 Å². The Kier molecular flexibility index (Phi) is 8.75. The fourth-order valence-electron chi connectivity index (χ4n) is 1.80. The fourth-order valence-corrected chi connectivity index (χ4v) is 1.80. The van der Waals surface area contributed by atoms with Crippen LogP contribution in [-0.2, 0) is 16.1 Å². The lowest BCUT2D eigenvalue weighted by Gasteiger charge is -2.24. The predicted octanol–water partition coefficient (Wildman–Crippen LogP) is 0.220. The number of carbonyl (C=O) groups is 1. The highest BCUT2D eigenvalue weighted by Crippen LogP contribution is 1.98. The molecule has 2 atom stereocenters. The Morgan fingerprint density at radius 2 is 2.42 bits per heavy atom. The van der Waals surface area contributed by atoms with Gasteiger partial charge < -0.3 is 15.4 Å². The van der Waals surface area contributed by atoms with Gasteiger partial charge in [0.2, 0.25) is 0 Å². The first kappa shape index (κ1) is 18.2. The first-order valence-electron chi connectivity index (χ1n) is 5.86. The van der Waals surface area contributed by atoms with Crippen molar-refractivity contribution in [2.45, 2.75) is 25.6 Å². The topological polar surface area (TPSA) is 68.2 Å². The summed E-state index contributed by atoms with van der Waals surface area (Å²) in [6.45, 7) is 4.60. The third kappa shape index (κ3) is 5.78. The second kappa shape index (κ2) is 9.14. The Morgan fingerprint density at radius 1 is 1.63 bits per heavy atom. The van der Waals surface area contributed by atoms with E-state index < -0.39 is 0 Å². The maximum atomic E-state index is 11.8. The Morgan fingerprint density at radius 3 is 3.00 bits per heavy atom. The molecule has 8 heteroatoms. The summed E-state index contributed by atoms with van der Waals surface area (Å²) in [6.07, 6.45) is 3.23. The van der Waals surface area contributed by atoms with Gasteiger partial charge in [-0.25, -0.2) is 0 Å². The number of ether oxygens (including phenoxy) is 1. The molecule has 1 aliphatic heterocycles. The van der Waals surface area contributed by atoms with Crippen molar-refractivity contribution in [3.8, 4) is 0 Å². The summed E-state index contributed by atoms with van der Waals surface area (Å²) in [5.41, 5.74) is 0. The van der Waals surface area contributed by atoms with Crippen LogP contribution >= 0.6 is 24.8 Å². The van der Waals surface area contributed by atoms with Crippen molar-refractivity contribution in [2.75, 3.05) is 19.7 Å². The number of nitrogens with zero attached hydrogens (tertiary/aromatic N) is 2. The van der Waals surface area contributed by atoms with Gasteiger partial charge in [-0.15, -0.1) is 24.8 Å². The standard InChI is InChI=1S/C11H18N4O2.2ClH/c1-9(8-15-5-2-3-13-15)14-11(16)10-7-12-4-6-17-10;;/h2-3,5,9-10,12H,4,6-8H2,1H3,(H,14,16);2*1H. The molecule has 0 saturated carbocycles. The molecular weight excluding hydrogens is 291 g/mol. The van der Waals surface area contributed by atoms with E-state index in [9.17, 15) is 4.79 Å². The van der Waals surface area contributed by atoms with Gasteiger partial charge in [0, 0.05) is 31.5 Å². The van der Waals surface area contributed by atoms with Crippen molar-refractivity contribution in [1.82, 2.24) is 20.4 Å². The quantitative estimate of drug-likeness (QED) is 0.835. The van der Waals surface area contributed by atoms with Crippen molar-refractivity contribution in [3.63, 3.8) is 0 Å². The number of hydrogen-bond donors (Lipinski definition) is 2. The molecule has 1 aliphatic rings. The minimum absolute atomic E-state index is 0. The van der Waals surface area contributed by atoms with Gasteiger partial charge in [0.1, 0.15) is 6.10 Å². The molecule has 1 saturated heterocycles. The van der Waals surface area contributed by atoms with Crippen LogP contribution in [0.15, 0.2) is 18.5 Å². The zero-order valence-electron chi connectivity index (χ0n) is 10.7. The van der Waals surface area contributed by atoms with Crippen molar-refractivity contribution < 1.29 is 9.53 Å². The molecule has 2 rings (SSSR count). The van der Waals surface area contributed by atoms with E-state index in [-0.39, 0.29) is 42.9 Å². The van der Waals surface area contributed by atoms with Crippen molar-refractivity contribution in [2.24, 2.45) is 0 Å². The average Bonchev–Trinajstić information content (AvgIpc) is 2.82. The maximum Gasteiger partial charge on any atom is 0.250 e. The van der Waals surface area contributed by atoms with Crippen molar-refractivity contribution in [1.29, 1.82) is 0 Å². The molecule has 2 unspecified atom stereocenters. The second-order valence-corrected chi connectivity index (χ2v) is 4.20. The number of morpholine rings is 1. The second-order valence-electron chi connectivity index (χ2n) is 4.20. The van der Waals surface area contributed by atoms with E-state index in [0.717, 1.165) is 6.54 Å². The Labute approximate surface area is 125 Å². The van der Waals surface area contributed by atoms with Crippen LogP contribution in [0.4, 0.5) is 0 Å². The van der Waals surface area contributed by atoms with Crippen LogP contribution in [0.5, 0.6) is 0 Å². The lowest BCUT2D eigenvalue weighted by Crippen LogP contribution is -2.50. The predicted molar refractivity (Wildman–Crippen MR) is 76.9 cm³/mol. The smallest absolute Gasteiger partial charge is 0.250 e. The van der Waals surface area contributed by atoms with Crippen LogP contribution in [0.2, 0.25) is 0 Å². The molecule has 1 aromatic heterocycles. The summed E-state index contributed by atoms with van der Waals surface area (Å²) in [6, 6.07) is 1.90. The number of rotatable bonds is 4. The SMILES string of the molecule is CC(Cn1cccn1)NC(=O)C1CNCCO1.Cl.Cl. The molecule has 0 radical (unpaired) electrons. The zero-order valence-corrected chi connectivity index (χ0v) is 12.4. The highest BCUT2D eigenvalue weighted by molar-refractivity contribution is 5.85. The van der Waals surface area contributed by atoms with E-state index in [2.05, 4.69) is 15.7 Å². The van der Waals surface area contributed by atoms with Crippen LogP contribution in [0.3, 0.4) is 0 Å². The molecule has 2 N–H and O–H groups in total. The highest BCUT2D eigenvalue weighted by Gasteiger charge is 2.22. The van der Waals surface area contributed by atoms with Gasteiger partial charge in [0.05, 0.1) is 13.2 Å². The Bertz CT molecular complexity index is 356. The molecule has 2 heterocycles. The molecule has 0 bridgehead atoms. The largest absolute Gasteiger partial charge is 0.366 e. The Hall–Kier alpha value is -0.820. The minimum atomic E-state index is -0.371. The van der Waals surface area contributed by atoms with Crippen LogP contribution in [0.25, 0.3) is 0 Å². The van der Waals surface area contributed by atoms with Crippen molar-refractivity contribution in [3.05, 3.63) is 18.5 Å². The van der Waals surface area contributed by atoms with Crippen molar-refractivity contribution >= 4 is 30.7 Å². The first-order chi connectivity index (χ1) is 8.25. The van der Waals surface area contributed by atoms with Gasteiger partial charge in [-0.05, 0) is 13.0 Å². The summed E-state index contributed by atoms with van der Waals surface area (Å²) >= 11 is 0. The third-order valence-corrected chi connectivity index (χ3v) is 2.63. The summed E-state index contributed by atoms with van der Waals surface area (Å²) in [5, 5.41) is 10.2. The van der Waals surface area contributed by atoms with E-state index in [1.165, 1.54) is 0 Å². The maximum absolute atomic E-state index is 11.8. The van der Waals surface area contributed by atoms with E-state index in [1.54, 1.807) is 10.9 Å². The van der Waals surface area contributed by atoms with Crippen LogP contribution in [0, 0.1) is 0 Å². The summed E-state index contributed by atoms with van der Waals surface area (Å²) in [7, 11) is 0. The number of halogens is 2. The molecule has 1 amide bonds. The number of amides is 1. The van der Waals surface area contributed by atoms with Gasteiger partial charge in [0.15, 0.2) is 0 Å². The Balaban J connectivity index is 0.00000162. The molecule has 1 fully saturated rings. The lowest BCUT2D eigenvalue weighted by atomic mass is 10.2. The van der Waals surface area contributed by atoms with Crippen LogP contribution < -0.4 is 10.6 Å². The molecule has 19 heavy (non-hydrogen) atoms. The summed E-state index contributed by atoms with van der Waals surface area (Å²) in [4.78, 5) is 11.8. The molecule has 110 valence electrons. The molecular formula is C11H20Cl2N4O2. The number of carbonyl (C=O) groups excluding carboxylic acids is 1. The van der Waals surface area contributed by atoms with Crippen LogP contribution in [0.1, 0.15) is 6.92 Å². The van der Waals surface area contributed by atoms with Gasteiger partial charge in [-0.2, -0.15) is 5.10 Å². The van der Waals surface area contributed by atoms with Gasteiger partial charge >= 0.3 is 0 Å². The first-order valence-corrected chi connectivity index (χ1v) is 5.86. The number of nitrogens with one attached hydrogen (secondary N) is 2. The van der Waals surface area contributed by atoms with E-state index in [1.807, 2.05) is 19.2 Å². The van der Waals surface area contributed by atoms with Gasteiger partial charge in [-0.1, -0.05) is 0 Å². The zero-order chi connectivity index (χ0) is 12.1. The minimum Gasteiger partial charge on any atom is -0.366 e. The third-order valence-electron chi connectivity index (χ3n) is 2.63. The molecule has 1 aromatic rings. The summed E-state index contributed by atoms with van der Waals surface area (Å²) in [5.74, 6) is -0.0585.